The Balaban J connectivity index is 1.69. The third-order valence-corrected chi connectivity index (χ3v) is 6.29. The number of phenolic OH excluding ortho intramolecular Hbond substituents is 2. The van der Waals surface area contributed by atoms with E-state index < -0.39 is 23.8 Å². The molecule has 0 spiro atoms. The molecule has 2 heterocycles. The monoisotopic (exact) mass is 471 g/mol. The lowest BCUT2D eigenvalue weighted by molar-refractivity contribution is -0.153. The summed E-state index contributed by atoms with van der Waals surface area (Å²) in [4.78, 5) is 33.4. The number of aromatic nitrogens is 2. The number of aromatic hydroxyl groups is 2. The van der Waals surface area contributed by atoms with Gasteiger partial charge < -0.3 is 19.5 Å². The molecule has 0 fully saturated rings. The molecule has 5 rings (SSSR count). The molecule has 1 aromatic heterocycles. The van der Waals surface area contributed by atoms with E-state index in [4.69, 9.17) is 9.72 Å². The summed E-state index contributed by atoms with van der Waals surface area (Å²) in [5.41, 5.74) is 2.96. The first kappa shape index (κ1) is 22.5. The first-order chi connectivity index (χ1) is 17.0. The van der Waals surface area contributed by atoms with Crippen LogP contribution in [0.15, 0.2) is 72.8 Å². The number of phenols is 2. The summed E-state index contributed by atoms with van der Waals surface area (Å²) in [6.45, 7) is 2.14. The fourth-order valence-corrected chi connectivity index (χ4v) is 4.67. The molecular weight excluding hydrogens is 446 g/mol. The summed E-state index contributed by atoms with van der Waals surface area (Å²) in [5.74, 6) is -2.47. The van der Waals surface area contributed by atoms with E-state index in [1.54, 1.807) is 17.9 Å². The van der Waals surface area contributed by atoms with Crippen molar-refractivity contribution >= 4 is 28.9 Å². The summed E-state index contributed by atoms with van der Waals surface area (Å²) in [5, 5.41) is 20.1. The standard InChI is InChI=1S/C27H25N3O5/c1-2-35-26(34)23-24(18-12-13-21(31)22(32)16-18)30-20-11-7-6-10-19(20)28-27(30)29(25(23)33)15-14-17-8-4-3-5-9-17/h3-13,16,23-24,31-32H,2,14-15H2,1H3/t23-,24-/m0/s1. The Morgan fingerprint density at radius 1 is 1.00 bits per heavy atom. The zero-order chi connectivity index (χ0) is 24.5. The van der Waals surface area contributed by atoms with Gasteiger partial charge in [0.1, 0.15) is 0 Å². The maximum atomic E-state index is 13.9. The molecule has 0 radical (unpaired) electrons. The average molecular weight is 472 g/mol. The van der Waals surface area contributed by atoms with Crippen LogP contribution in [0.4, 0.5) is 5.95 Å². The fraction of sp³-hybridized carbons (Fsp3) is 0.222. The van der Waals surface area contributed by atoms with E-state index >= 15 is 0 Å². The molecular formula is C27H25N3O5. The average Bonchev–Trinajstić information content (AvgIpc) is 3.24. The molecule has 1 aliphatic heterocycles. The molecule has 35 heavy (non-hydrogen) atoms. The van der Waals surface area contributed by atoms with Crippen LogP contribution in [0.1, 0.15) is 24.1 Å². The Hall–Kier alpha value is -4.33. The lowest BCUT2D eigenvalue weighted by Gasteiger charge is -2.38. The predicted molar refractivity (Wildman–Crippen MR) is 130 cm³/mol. The Bertz CT molecular complexity index is 1400. The normalized spacial score (nSPS) is 17.4. The van der Waals surface area contributed by atoms with Crippen LogP contribution < -0.4 is 4.90 Å². The van der Waals surface area contributed by atoms with Crippen molar-refractivity contribution in [3.63, 3.8) is 0 Å². The molecule has 8 nitrogen and oxygen atoms in total. The maximum absolute atomic E-state index is 13.9. The van der Waals surface area contributed by atoms with Gasteiger partial charge in [0.25, 0.3) is 0 Å². The number of esters is 1. The molecule has 0 unspecified atom stereocenters. The molecule has 1 amide bonds. The first-order valence-corrected chi connectivity index (χ1v) is 11.5. The van der Waals surface area contributed by atoms with Gasteiger partial charge in [-0.1, -0.05) is 48.5 Å². The Morgan fingerprint density at radius 3 is 2.49 bits per heavy atom. The number of benzene rings is 3. The van der Waals surface area contributed by atoms with Crippen LogP contribution in [-0.2, 0) is 20.7 Å². The first-order valence-electron chi connectivity index (χ1n) is 11.5. The van der Waals surface area contributed by atoms with E-state index in [9.17, 15) is 19.8 Å². The molecule has 0 saturated heterocycles. The van der Waals surface area contributed by atoms with E-state index in [2.05, 4.69) is 0 Å². The number of hydrogen-bond acceptors (Lipinski definition) is 6. The van der Waals surface area contributed by atoms with Gasteiger partial charge >= 0.3 is 5.97 Å². The van der Waals surface area contributed by atoms with Crippen molar-refractivity contribution in [1.82, 2.24) is 9.55 Å². The molecule has 1 aliphatic rings. The molecule has 0 bridgehead atoms. The number of ether oxygens (including phenoxy) is 1. The molecule has 0 aliphatic carbocycles. The second-order valence-corrected chi connectivity index (χ2v) is 8.42. The van der Waals surface area contributed by atoms with Crippen LogP contribution in [0.3, 0.4) is 0 Å². The molecule has 0 saturated carbocycles. The van der Waals surface area contributed by atoms with Crippen molar-refractivity contribution in [3.05, 3.63) is 83.9 Å². The van der Waals surface area contributed by atoms with Gasteiger partial charge in [0, 0.05) is 6.54 Å². The highest BCUT2D eigenvalue weighted by atomic mass is 16.5. The van der Waals surface area contributed by atoms with Crippen molar-refractivity contribution in [2.75, 3.05) is 18.1 Å². The quantitative estimate of drug-likeness (QED) is 0.252. The Labute approximate surface area is 202 Å². The minimum absolute atomic E-state index is 0.123. The topological polar surface area (TPSA) is 105 Å². The second-order valence-electron chi connectivity index (χ2n) is 8.42. The summed E-state index contributed by atoms with van der Waals surface area (Å²) in [6.07, 6.45) is 0.579. The van der Waals surface area contributed by atoms with Crippen LogP contribution in [-0.4, -0.2) is 44.8 Å². The number of nitrogens with zero attached hydrogens (tertiary/aromatic N) is 3. The van der Waals surface area contributed by atoms with E-state index in [1.807, 2.05) is 59.2 Å². The Kier molecular flexibility index (Phi) is 5.86. The number of carbonyl (C=O) groups is 2. The number of rotatable bonds is 6. The highest BCUT2D eigenvalue weighted by Gasteiger charge is 2.47. The van der Waals surface area contributed by atoms with Crippen LogP contribution in [0, 0.1) is 5.92 Å². The summed E-state index contributed by atoms with van der Waals surface area (Å²) in [6, 6.07) is 20.8. The molecule has 8 heteroatoms. The van der Waals surface area contributed by atoms with Gasteiger partial charge in [-0.2, -0.15) is 0 Å². The Morgan fingerprint density at radius 2 is 1.74 bits per heavy atom. The number of hydrogen-bond donors (Lipinski definition) is 2. The van der Waals surface area contributed by atoms with Crippen molar-refractivity contribution in [1.29, 1.82) is 0 Å². The van der Waals surface area contributed by atoms with Gasteiger partial charge in [0.2, 0.25) is 11.9 Å². The number of para-hydroxylation sites is 2. The zero-order valence-corrected chi connectivity index (χ0v) is 19.2. The lowest BCUT2D eigenvalue weighted by atomic mass is 9.89. The molecule has 2 N–H and O–H groups in total. The maximum Gasteiger partial charge on any atom is 0.321 e. The van der Waals surface area contributed by atoms with Gasteiger partial charge in [0.05, 0.1) is 23.7 Å². The van der Waals surface area contributed by atoms with Crippen molar-refractivity contribution in [2.24, 2.45) is 5.92 Å². The largest absolute Gasteiger partial charge is 0.504 e. The summed E-state index contributed by atoms with van der Waals surface area (Å²) >= 11 is 0. The van der Waals surface area contributed by atoms with Gasteiger partial charge in [-0.15, -0.1) is 0 Å². The highest BCUT2D eigenvalue weighted by molar-refractivity contribution is 6.08. The van der Waals surface area contributed by atoms with Gasteiger partial charge in [-0.05, 0) is 48.7 Å². The summed E-state index contributed by atoms with van der Waals surface area (Å²) < 4.78 is 7.20. The predicted octanol–water partition coefficient (Wildman–Crippen LogP) is 3.81. The van der Waals surface area contributed by atoms with E-state index in [0.29, 0.717) is 30.0 Å². The van der Waals surface area contributed by atoms with Gasteiger partial charge in [-0.25, -0.2) is 4.98 Å². The third kappa shape index (κ3) is 3.97. The van der Waals surface area contributed by atoms with Crippen molar-refractivity contribution in [2.45, 2.75) is 19.4 Å². The minimum Gasteiger partial charge on any atom is -0.504 e. The summed E-state index contributed by atoms with van der Waals surface area (Å²) in [7, 11) is 0. The second kappa shape index (κ2) is 9.13. The van der Waals surface area contributed by atoms with Gasteiger partial charge in [-0.3, -0.25) is 14.5 Å². The zero-order valence-electron chi connectivity index (χ0n) is 19.2. The van der Waals surface area contributed by atoms with Crippen LogP contribution in [0.2, 0.25) is 0 Å². The third-order valence-electron chi connectivity index (χ3n) is 6.29. The molecule has 4 aromatic rings. The van der Waals surface area contributed by atoms with Crippen LogP contribution in [0.5, 0.6) is 11.5 Å². The van der Waals surface area contributed by atoms with Crippen molar-refractivity contribution < 1.29 is 24.5 Å². The highest BCUT2D eigenvalue weighted by Crippen LogP contribution is 2.42. The number of anilines is 1. The van der Waals surface area contributed by atoms with Crippen LogP contribution in [0.25, 0.3) is 11.0 Å². The fourth-order valence-electron chi connectivity index (χ4n) is 4.67. The molecule has 3 aromatic carbocycles. The van der Waals surface area contributed by atoms with E-state index in [0.717, 1.165) is 11.1 Å². The number of carbonyl (C=O) groups excluding carboxylic acids is 2. The SMILES string of the molecule is CCOC(=O)[C@@H]1C(=O)N(CCc2ccccc2)c2nc3ccccc3n2[C@H]1c1ccc(O)c(O)c1. The molecule has 2 atom stereocenters. The van der Waals surface area contributed by atoms with E-state index in [1.165, 1.54) is 12.1 Å². The molecule has 178 valence electrons. The van der Waals surface area contributed by atoms with E-state index in [-0.39, 0.29) is 18.1 Å². The minimum atomic E-state index is -1.19. The van der Waals surface area contributed by atoms with Crippen molar-refractivity contribution in [3.8, 4) is 11.5 Å². The number of amides is 1. The smallest absolute Gasteiger partial charge is 0.321 e. The number of fused-ring (bicyclic) bond motifs is 3. The van der Waals surface area contributed by atoms with Gasteiger partial charge in [0.15, 0.2) is 17.4 Å². The lowest BCUT2D eigenvalue weighted by Crippen LogP contribution is -2.50. The number of imidazole rings is 1. The van der Waals surface area contributed by atoms with Crippen LogP contribution >= 0.6 is 0 Å².